The number of hydrogen-bond donors (Lipinski definition) is 2. The highest BCUT2D eigenvalue weighted by Gasteiger charge is 2.09. The summed E-state index contributed by atoms with van der Waals surface area (Å²) in [6, 6.07) is 17.1. The Kier molecular flexibility index (Phi) is 4.56. The van der Waals surface area contributed by atoms with Crippen LogP contribution in [0.1, 0.15) is 17.2 Å². The molecule has 0 radical (unpaired) electrons. The zero-order valence-electron chi connectivity index (χ0n) is 10.2. The summed E-state index contributed by atoms with van der Waals surface area (Å²) in [7, 11) is 0. The van der Waals surface area contributed by atoms with Crippen LogP contribution in [0.5, 0.6) is 0 Å². The minimum Gasteiger partial charge on any atom is -0.387 e. The first kappa shape index (κ1) is 13.6. The first-order valence-electron chi connectivity index (χ1n) is 5.88. The molecule has 0 aliphatic heterocycles. The summed E-state index contributed by atoms with van der Waals surface area (Å²) in [6.45, 7) is 0.356. The molecule has 1 atom stereocenters. The Labute approximate surface area is 120 Å². The van der Waals surface area contributed by atoms with Crippen LogP contribution in [0.3, 0.4) is 0 Å². The fourth-order valence-corrected chi connectivity index (χ4v) is 2.24. The molecule has 2 aromatic carbocycles. The average molecular weight is 317 g/mol. The number of aliphatic hydroxyl groups excluding tert-OH is 1. The molecule has 0 fully saturated rings. The summed E-state index contributed by atoms with van der Waals surface area (Å²) in [6.07, 6.45) is -0.605. The summed E-state index contributed by atoms with van der Waals surface area (Å²) in [5.41, 5.74) is 2.11. The van der Waals surface area contributed by atoms with Crippen LogP contribution in [-0.2, 0) is 0 Å². The van der Waals surface area contributed by atoms with E-state index in [0.29, 0.717) is 17.8 Å². The van der Waals surface area contributed by atoms with Crippen LogP contribution in [0.15, 0.2) is 53.0 Å². The van der Waals surface area contributed by atoms with E-state index in [1.54, 1.807) is 0 Å². The first-order valence-corrected chi connectivity index (χ1v) is 6.67. The van der Waals surface area contributed by atoms with Gasteiger partial charge in [-0.25, -0.2) is 0 Å². The second-order valence-corrected chi connectivity index (χ2v) is 4.94. The zero-order chi connectivity index (χ0) is 13.7. The minimum absolute atomic E-state index is 0.356. The normalized spacial score (nSPS) is 11.6. The summed E-state index contributed by atoms with van der Waals surface area (Å²) in [5.74, 6) is 0. The van der Waals surface area contributed by atoms with Crippen molar-refractivity contribution in [3.05, 3.63) is 64.1 Å². The Morgan fingerprint density at radius 3 is 2.58 bits per heavy atom. The molecule has 0 spiro atoms. The van der Waals surface area contributed by atoms with Gasteiger partial charge in [-0.1, -0.05) is 36.4 Å². The quantitative estimate of drug-likeness (QED) is 0.908. The lowest BCUT2D eigenvalue weighted by Gasteiger charge is -2.14. The number of aliphatic hydroxyl groups is 1. The number of anilines is 1. The predicted molar refractivity (Wildman–Crippen MR) is 78.7 cm³/mol. The highest BCUT2D eigenvalue weighted by Crippen LogP contribution is 2.24. The number of halogens is 1. The fourth-order valence-electron chi connectivity index (χ4n) is 1.78. The third kappa shape index (κ3) is 3.34. The highest BCUT2D eigenvalue weighted by molar-refractivity contribution is 9.10. The van der Waals surface area contributed by atoms with Crippen molar-refractivity contribution < 1.29 is 5.11 Å². The van der Waals surface area contributed by atoms with Gasteiger partial charge in [-0.2, -0.15) is 5.26 Å². The minimum atomic E-state index is -0.605. The van der Waals surface area contributed by atoms with Gasteiger partial charge >= 0.3 is 0 Å². The number of nitrogens with one attached hydrogen (secondary N) is 1. The predicted octanol–water partition coefficient (Wildman–Crippen LogP) is 3.47. The number of hydrogen-bond acceptors (Lipinski definition) is 3. The van der Waals surface area contributed by atoms with E-state index in [4.69, 9.17) is 5.26 Å². The molecule has 19 heavy (non-hydrogen) atoms. The summed E-state index contributed by atoms with van der Waals surface area (Å²) < 4.78 is 0.745. The lowest BCUT2D eigenvalue weighted by atomic mass is 10.1. The molecule has 4 heteroatoms. The van der Waals surface area contributed by atoms with Gasteiger partial charge in [0, 0.05) is 11.0 Å². The largest absolute Gasteiger partial charge is 0.387 e. The lowest BCUT2D eigenvalue weighted by molar-refractivity contribution is 0.191. The molecular weight excluding hydrogens is 304 g/mol. The van der Waals surface area contributed by atoms with Gasteiger partial charge in [0.25, 0.3) is 0 Å². The van der Waals surface area contributed by atoms with Gasteiger partial charge in [-0.15, -0.1) is 0 Å². The molecule has 1 unspecified atom stereocenters. The maximum absolute atomic E-state index is 10.1. The molecule has 0 aliphatic rings. The van der Waals surface area contributed by atoms with E-state index in [1.807, 2.05) is 48.5 Å². The van der Waals surface area contributed by atoms with Gasteiger partial charge in [0.15, 0.2) is 0 Å². The standard InChI is InChI=1S/C15H13BrN2O/c16-13-7-4-8-14(12(13)9-17)18-10-15(19)11-5-2-1-3-6-11/h1-8,15,18-19H,10H2. The van der Waals surface area contributed by atoms with Crippen LogP contribution < -0.4 is 5.32 Å². The van der Waals surface area contributed by atoms with E-state index in [-0.39, 0.29) is 0 Å². The number of nitrogens with zero attached hydrogens (tertiary/aromatic N) is 1. The summed E-state index contributed by atoms with van der Waals surface area (Å²) in [5, 5.41) is 22.3. The third-order valence-corrected chi connectivity index (χ3v) is 3.46. The van der Waals surface area contributed by atoms with Crippen molar-refractivity contribution in [3.8, 4) is 6.07 Å². The van der Waals surface area contributed by atoms with Gasteiger partial charge in [0.05, 0.1) is 17.4 Å². The van der Waals surface area contributed by atoms with Crippen molar-refractivity contribution >= 4 is 21.6 Å². The molecule has 0 amide bonds. The molecule has 0 heterocycles. The molecular formula is C15H13BrN2O. The molecule has 3 nitrogen and oxygen atoms in total. The van der Waals surface area contributed by atoms with Gasteiger partial charge in [-0.3, -0.25) is 0 Å². The van der Waals surface area contributed by atoms with Crippen molar-refractivity contribution in [2.45, 2.75) is 6.10 Å². The fraction of sp³-hybridized carbons (Fsp3) is 0.133. The monoisotopic (exact) mass is 316 g/mol. The molecule has 0 bridgehead atoms. The van der Waals surface area contributed by atoms with Crippen LogP contribution in [0.25, 0.3) is 0 Å². The molecule has 2 rings (SSSR count). The Morgan fingerprint density at radius 2 is 1.89 bits per heavy atom. The second-order valence-electron chi connectivity index (χ2n) is 4.08. The van der Waals surface area contributed by atoms with Crippen molar-refractivity contribution in [1.29, 1.82) is 5.26 Å². The van der Waals surface area contributed by atoms with Crippen molar-refractivity contribution in [2.24, 2.45) is 0 Å². The summed E-state index contributed by atoms with van der Waals surface area (Å²) in [4.78, 5) is 0. The molecule has 0 saturated heterocycles. The van der Waals surface area contributed by atoms with Crippen molar-refractivity contribution in [2.75, 3.05) is 11.9 Å². The number of benzene rings is 2. The van der Waals surface area contributed by atoms with Crippen LogP contribution in [-0.4, -0.2) is 11.7 Å². The number of nitriles is 1. The lowest BCUT2D eigenvalue weighted by Crippen LogP contribution is -2.12. The van der Waals surface area contributed by atoms with E-state index in [0.717, 1.165) is 10.0 Å². The third-order valence-electron chi connectivity index (χ3n) is 2.80. The van der Waals surface area contributed by atoms with E-state index < -0.39 is 6.10 Å². The van der Waals surface area contributed by atoms with Crippen LogP contribution in [0.4, 0.5) is 5.69 Å². The zero-order valence-corrected chi connectivity index (χ0v) is 11.8. The molecule has 0 aromatic heterocycles. The average Bonchev–Trinajstić information content (AvgIpc) is 2.45. The van der Waals surface area contributed by atoms with Gasteiger partial charge in [-0.05, 0) is 33.6 Å². The van der Waals surface area contributed by atoms with E-state index in [9.17, 15) is 5.11 Å². The Bertz CT molecular complexity index is 593. The SMILES string of the molecule is N#Cc1c(Br)cccc1NCC(O)c1ccccc1. The van der Waals surface area contributed by atoms with Crippen molar-refractivity contribution in [1.82, 2.24) is 0 Å². The Hall–Kier alpha value is -1.83. The van der Waals surface area contributed by atoms with Gasteiger partial charge in [0.1, 0.15) is 6.07 Å². The first-order chi connectivity index (χ1) is 9.22. The Balaban J connectivity index is 2.08. The van der Waals surface area contributed by atoms with E-state index in [1.165, 1.54) is 0 Å². The van der Waals surface area contributed by atoms with Crippen LogP contribution >= 0.6 is 15.9 Å². The summed E-state index contributed by atoms with van der Waals surface area (Å²) >= 11 is 3.33. The smallest absolute Gasteiger partial charge is 0.103 e. The van der Waals surface area contributed by atoms with Gasteiger partial charge < -0.3 is 10.4 Å². The van der Waals surface area contributed by atoms with E-state index in [2.05, 4.69) is 27.3 Å². The van der Waals surface area contributed by atoms with Crippen LogP contribution in [0.2, 0.25) is 0 Å². The second kappa shape index (κ2) is 6.37. The molecule has 2 aromatic rings. The molecule has 96 valence electrons. The van der Waals surface area contributed by atoms with Crippen LogP contribution in [0, 0.1) is 11.3 Å². The topological polar surface area (TPSA) is 56.0 Å². The molecule has 0 aliphatic carbocycles. The Morgan fingerprint density at radius 1 is 1.16 bits per heavy atom. The van der Waals surface area contributed by atoms with Crippen molar-refractivity contribution in [3.63, 3.8) is 0 Å². The number of rotatable bonds is 4. The maximum Gasteiger partial charge on any atom is 0.103 e. The molecule has 0 saturated carbocycles. The maximum atomic E-state index is 10.1. The van der Waals surface area contributed by atoms with E-state index >= 15 is 0 Å². The van der Waals surface area contributed by atoms with Gasteiger partial charge in [0.2, 0.25) is 0 Å². The molecule has 2 N–H and O–H groups in total. The highest BCUT2D eigenvalue weighted by atomic mass is 79.9.